The van der Waals surface area contributed by atoms with Crippen LogP contribution in [0.5, 0.6) is 0 Å². The molecule has 0 bridgehead atoms. The maximum Gasteiger partial charge on any atom is 0 e. The van der Waals surface area contributed by atoms with E-state index >= 15 is 0 Å². The fraction of sp³-hybridized carbons (Fsp3) is 0.889. The van der Waals surface area contributed by atoms with Crippen LogP contribution in [-0.2, 0) is 32.7 Å². The minimum atomic E-state index is 0. The molecule has 1 heteroatoms. The average molecular weight is 212 g/mol. The normalized spacial score (nSPS) is 28.8. The molecule has 0 saturated heterocycles. The number of rotatable bonds is 0. The first kappa shape index (κ1) is 9.19. The summed E-state index contributed by atoms with van der Waals surface area (Å²) in [5, 5.41) is 0. The van der Waals surface area contributed by atoms with Crippen molar-refractivity contribution in [1.29, 1.82) is 0 Å². The molecule has 55 valence electrons. The van der Waals surface area contributed by atoms with E-state index in [2.05, 4.69) is 6.42 Å². The van der Waals surface area contributed by atoms with E-state index in [9.17, 15) is 0 Å². The van der Waals surface area contributed by atoms with Crippen LogP contribution in [0.3, 0.4) is 0 Å². The molecule has 0 N–H and O–H groups in total. The summed E-state index contributed by atoms with van der Waals surface area (Å²) in [6.45, 7) is 0. The van der Waals surface area contributed by atoms with Crippen molar-refractivity contribution >= 4 is 0 Å². The van der Waals surface area contributed by atoms with Gasteiger partial charge in [0.05, 0.1) is 0 Å². The first-order valence-corrected chi connectivity index (χ1v) is 4.23. The molecule has 1 radical (unpaired) electrons. The van der Waals surface area contributed by atoms with Crippen molar-refractivity contribution in [1.82, 2.24) is 0 Å². The molecule has 0 aliphatic heterocycles. The molecular formula is C9H15Y-. The van der Waals surface area contributed by atoms with Gasteiger partial charge in [0.25, 0.3) is 0 Å². The Labute approximate surface area is 89.0 Å². The summed E-state index contributed by atoms with van der Waals surface area (Å²) < 4.78 is 0. The molecule has 2 rings (SSSR count). The van der Waals surface area contributed by atoms with Gasteiger partial charge in [0, 0.05) is 32.7 Å². The molecule has 1 spiro atoms. The molecule has 0 aromatic rings. The van der Waals surface area contributed by atoms with E-state index < -0.39 is 0 Å². The maximum atomic E-state index is 2.46. The van der Waals surface area contributed by atoms with Crippen molar-refractivity contribution in [2.75, 3.05) is 0 Å². The van der Waals surface area contributed by atoms with Crippen LogP contribution in [0, 0.1) is 11.8 Å². The van der Waals surface area contributed by atoms with Gasteiger partial charge in [-0.15, -0.1) is 0 Å². The zero-order valence-electron chi connectivity index (χ0n) is 6.60. The molecular weight excluding hydrogens is 197 g/mol. The summed E-state index contributed by atoms with van der Waals surface area (Å²) in [5.41, 5.74) is 0.870. The summed E-state index contributed by atoms with van der Waals surface area (Å²) in [6.07, 6.45) is 12.9. The van der Waals surface area contributed by atoms with Gasteiger partial charge in [-0.2, -0.15) is 12.8 Å². The van der Waals surface area contributed by atoms with E-state index in [4.69, 9.17) is 0 Å². The average Bonchev–Trinajstić information content (AvgIpc) is 1.87. The van der Waals surface area contributed by atoms with Crippen LogP contribution in [0.2, 0.25) is 0 Å². The van der Waals surface area contributed by atoms with Gasteiger partial charge < -0.3 is 6.42 Å². The van der Waals surface area contributed by atoms with Crippen molar-refractivity contribution in [3.8, 4) is 0 Å². The molecule has 2 saturated carbocycles. The van der Waals surface area contributed by atoms with Crippen LogP contribution in [0.25, 0.3) is 0 Å². The molecule has 0 nitrogen and oxygen atoms in total. The molecule has 2 aliphatic carbocycles. The third-order valence-corrected chi connectivity index (χ3v) is 3.17. The predicted molar refractivity (Wildman–Crippen MR) is 39.1 cm³/mol. The van der Waals surface area contributed by atoms with Gasteiger partial charge in [0.2, 0.25) is 0 Å². The fourth-order valence-electron chi connectivity index (χ4n) is 2.26. The molecule has 0 amide bonds. The summed E-state index contributed by atoms with van der Waals surface area (Å²) in [7, 11) is 0. The van der Waals surface area contributed by atoms with E-state index in [-0.39, 0.29) is 32.7 Å². The topological polar surface area (TPSA) is 0 Å². The Hall–Kier alpha value is 1.10. The van der Waals surface area contributed by atoms with E-state index in [0.717, 1.165) is 5.41 Å². The van der Waals surface area contributed by atoms with Gasteiger partial charge >= 0.3 is 0 Å². The third kappa shape index (κ3) is 1.64. The molecule has 0 heterocycles. The first-order chi connectivity index (χ1) is 4.41. The summed E-state index contributed by atoms with van der Waals surface area (Å²) in [6, 6.07) is 0. The quantitative estimate of drug-likeness (QED) is 0.541. The zero-order valence-corrected chi connectivity index (χ0v) is 9.44. The van der Waals surface area contributed by atoms with Crippen LogP contribution < -0.4 is 0 Å². The van der Waals surface area contributed by atoms with Crippen molar-refractivity contribution in [2.45, 2.75) is 44.9 Å². The SMILES string of the molecule is [CH-]1CCC2(CC1)CCC2.[Y]. The Balaban J connectivity index is 0.000000500. The van der Waals surface area contributed by atoms with Gasteiger partial charge in [-0.1, -0.05) is 19.3 Å². The fourth-order valence-corrected chi connectivity index (χ4v) is 2.26. The van der Waals surface area contributed by atoms with Crippen LogP contribution in [-0.4, -0.2) is 0 Å². The Morgan fingerprint density at radius 3 is 1.80 bits per heavy atom. The Kier molecular flexibility index (Phi) is 3.37. The van der Waals surface area contributed by atoms with Crippen molar-refractivity contribution in [2.24, 2.45) is 5.41 Å². The minimum absolute atomic E-state index is 0. The first-order valence-electron chi connectivity index (χ1n) is 4.23. The van der Waals surface area contributed by atoms with Crippen LogP contribution in [0.4, 0.5) is 0 Å². The van der Waals surface area contributed by atoms with E-state index in [0.29, 0.717) is 0 Å². The van der Waals surface area contributed by atoms with Crippen molar-refractivity contribution in [3.05, 3.63) is 6.42 Å². The standard InChI is InChI=1S/C9H15.Y/c1-2-5-9(6-3-1)7-4-8-9;/h1H,2-8H2;/q-1;. The largest absolute Gasteiger partial charge is 0.328 e. The molecule has 0 aromatic heterocycles. The van der Waals surface area contributed by atoms with E-state index in [1.54, 1.807) is 12.8 Å². The molecule has 0 atom stereocenters. The second-order valence-electron chi connectivity index (χ2n) is 3.72. The molecule has 2 aliphatic rings. The number of hydrogen-bond donors (Lipinski definition) is 0. The zero-order chi connectivity index (χ0) is 6.16. The summed E-state index contributed by atoms with van der Waals surface area (Å²) >= 11 is 0. The Morgan fingerprint density at radius 2 is 1.50 bits per heavy atom. The molecule has 0 aromatic carbocycles. The van der Waals surface area contributed by atoms with E-state index in [1.165, 1.54) is 32.1 Å². The number of hydrogen-bond acceptors (Lipinski definition) is 0. The summed E-state index contributed by atoms with van der Waals surface area (Å²) in [4.78, 5) is 0. The van der Waals surface area contributed by atoms with Gasteiger partial charge in [-0.3, -0.25) is 0 Å². The molecule has 0 unspecified atom stereocenters. The summed E-state index contributed by atoms with van der Waals surface area (Å²) in [5.74, 6) is 0. The van der Waals surface area contributed by atoms with Crippen molar-refractivity contribution < 1.29 is 32.7 Å². The van der Waals surface area contributed by atoms with E-state index in [1.807, 2.05) is 0 Å². The van der Waals surface area contributed by atoms with Crippen molar-refractivity contribution in [3.63, 3.8) is 0 Å². The maximum absolute atomic E-state index is 2.46. The Bertz CT molecular complexity index is 97.3. The van der Waals surface area contributed by atoms with Gasteiger partial charge in [0.1, 0.15) is 0 Å². The molecule has 2 fully saturated rings. The second-order valence-corrected chi connectivity index (χ2v) is 3.72. The minimum Gasteiger partial charge on any atom is -0.328 e. The monoisotopic (exact) mass is 212 g/mol. The van der Waals surface area contributed by atoms with Gasteiger partial charge in [0.15, 0.2) is 0 Å². The van der Waals surface area contributed by atoms with Gasteiger partial charge in [-0.25, -0.2) is 0 Å². The van der Waals surface area contributed by atoms with Crippen LogP contribution in [0.15, 0.2) is 0 Å². The van der Waals surface area contributed by atoms with Gasteiger partial charge in [-0.05, 0) is 18.3 Å². The molecule has 10 heavy (non-hydrogen) atoms. The third-order valence-electron chi connectivity index (χ3n) is 3.17. The van der Waals surface area contributed by atoms with Crippen LogP contribution in [0.1, 0.15) is 44.9 Å². The smallest absolute Gasteiger partial charge is 0 e. The Morgan fingerprint density at radius 1 is 0.900 bits per heavy atom. The second kappa shape index (κ2) is 3.67. The van der Waals surface area contributed by atoms with Crippen LogP contribution >= 0.6 is 0 Å². The predicted octanol–water partition coefficient (Wildman–Crippen LogP) is 2.93.